The summed E-state index contributed by atoms with van der Waals surface area (Å²) in [5.41, 5.74) is 0.0277. The number of ether oxygens (including phenoxy) is 1. The molecule has 0 spiro atoms. The number of hydrogen-bond donors (Lipinski definition) is 1. The van der Waals surface area contributed by atoms with Crippen LogP contribution in [0, 0.1) is 23.6 Å². The number of nitrogens with zero attached hydrogens (tertiary/aromatic N) is 2. The maximum absolute atomic E-state index is 13.3. The van der Waals surface area contributed by atoms with Gasteiger partial charge in [0.2, 0.25) is 0 Å². The van der Waals surface area contributed by atoms with E-state index in [1.54, 1.807) is 12.1 Å². The molecule has 2 heterocycles. The highest BCUT2D eigenvalue weighted by Crippen LogP contribution is 2.39. The fourth-order valence-electron chi connectivity index (χ4n) is 4.14. The first-order chi connectivity index (χ1) is 13.0. The highest BCUT2D eigenvalue weighted by Gasteiger charge is 2.42. The predicted octanol–water partition coefficient (Wildman–Crippen LogP) is 3.04. The maximum Gasteiger partial charge on any atom is 0.255 e. The van der Waals surface area contributed by atoms with Gasteiger partial charge in [0.1, 0.15) is 17.3 Å². The molecule has 1 N–H and O–H groups in total. The van der Waals surface area contributed by atoms with Gasteiger partial charge in [0.05, 0.1) is 12.6 Å². The molecule has 2 aromatic rings. The second kappa shape index (κ2) is 7.23. The number of benzene rings is 1. The van der Waals surface area contributed by atoms with Gasteiger partial charge in [-0.15, -0.1) is 0 Å². The molecule has 7 heteroatoms. The van der Waals surface area contributed by atoms with E-state index < -0.39 is 11.7 Å². The van der Waals surface area contributed by atoms with Crippen LogP contribution in [0.2, 0.25) is 0 Å². The number of aromatic nitrogens is 1. The van der Waals surface area contributed by atoms with Crippen LogP contribution in [0.1, 0.15) is 23.3 Å². The molecule has 1 saturated heterocycles. The van der Waals surface area contributed by atoms with Crippen molar-refractivity contribution in [2.45, 2.75) is 18.9 Å². The minimum atomic E-state index is -1.03. The minimum absolute atomic E-state index is 0.0277. The monoisotopic (exact) mass is 374 g/mol. The van der Waals surface area contributed by atoms with Gasteiger partial charge < -0.3 is 9.84 Å². The number of ketones is 1. The van der Waals surface area contributed by atoms with Crippen LogP contribution in [-0.4, -0.2) is 46.5 Å². The topological polar surface area (TPSA) is 62.7 Å². The van der Waals surface area contributed by atoms with Crippen LogP contribution in [0.25, 0.3) is 0 Å². The second-order valence-electron chi connectivity index (χ2n) is 7.31. The van der Waals surface area contributed by atoms with E-state index in [9.17, 15) is 18.7 Å². The molecule has 4 rings (SSSR count). The van der Waals surface area contributed by atoms with E-state index in [0.29, 0.717) is 17.6 Å². The van der Waals surface area contributed by atoms with E-state index in [4.69, 9.17) is 4.74 Å². The Kier molecular flexibility index (Phi) is 4.78. The zero-order valence-electron chi connectivity index (χ0n) is 14.6. The first-order valence-corrected chi connectivity index (χ1v) is 9.01. The average Bonchev–Trinajstić information content (AvgIpc) is 3.17. The third kappa shape index (κ3) is 3.93. The normalized spacial score (nSPS) is 24.7. The first-order valence-electron chi connectivity index (χ1n) is 9.01. The number of pyridine rings is 1. The van der Waals surface area contributed by atoms with E-state index >= 15 is 0 Å². The summed E-state index contributed by atoms with van der Waals surface area (Å²) in [6.45, 7) is 1.77. The van der Waals surface area contributed by atoms with Crippen molar-refractivity contribution in [2.75, 3.05) is 19.6 Å². The quantitative estimate of drug-likeness (QED) is 0.644. The van der Waals surface area contributed by atoms with Gasteiger partial charge >= 0.3 is 0 Å². The van der Waals surface area contributed by atoms with E-state index in [0.717, 1.165) is 32.0 Å². The Balaban J connectivity index is 1.30. The number of carbonyl (C=O) groups is 1. The Morgan fingerprint density at radius 3 is 2.41 bits per heavy atom. The molecule has 1 aliphatic heterocycles. The van der Waals surface area contributed by atoms with Gasteiger partial charge in [-0.05, 0) is 61.1 Å². The van der Waals surface area contributed by atoms with Gasteiger partial charge in [-0.1, -0.05) is 0 Å². The van der Waals surface area contributed by atoms with Crippen LogP contribution >= 0.6 is 0 Å². The smallest absolute Gasteiger partial charge is 0.255 e. The summed E-state index contributed by atoms with van der Waals surface area (Å²) >= 11 is 0. The molecule has 5 nitrogen and oxygen atoms in total. The molecule has 0 bridgehead atoms. The zero-order chi connectivity index (χ0) is 19.0. The van der Waals surface area contributed by atoms with Gasteiger partial charge in [-0.25, -0.2) is 9.37 Å². The molecule has 1 saturated carbocycles. The van der Waals surface area contributed by atoms with Crippen molar-refractivity contribution in [3.8, 4) is 11.5 Å². The number of rotatable bonds is 5. The lowest BCUT2D eigenvalue weighted by Gasteiger charge is -2.19. The molecule has 2 fully saturated rings. The third-order valence-corrected chi connectivity index (χ3v) is 5.38. The Hall–Kier alpha value is -2.54. The minimum Gasteiger partial charge on any atom is -0.504 e. The van der Waals surface area contributed by atoms with Crippen LogP contribution in [0.5, 0.6) is 11.5 Å². The molecular weight excluding hydrogens is 354 g/mol. The molecule has 2 aliphatic rings. The lowest BCUT2D eigenvalue weighted by atomic mass is 10.0. The van der Waals surface area contributed by atoms with Crippen molar-refractivity contribution < 1.29 is 23.4 Å². The van der Waals surface area contributed by atoms with E-state index in [1.165, 1.54) is 18.2 Å². The number of halogens is 2. The van der Waals surface area contributed by atoms with Gasteiger partial charge in [-0.3, -0.25) is 9.69 Å². The van der Waals surface area contributed by atoms with Crippen LogP contribution < -0.4 is 4.74 Å². The summed E-state index contributed by atoms with van der Waals surface area (Å²) in [6, 6.07) is 8.53. The summed E-state index contributed by atoms with van der Waals surface area (Å²) in [5, 5.41) is 9.17. The van der Waals surface area contributed by atoms with Crippen molar-refractivity contribution >= 4 is 5.78 Å². The maximum atomic E-state index is 13.3. The number of fused-ring (bicyclic) bond motifs is 1. The van der Waals surface area contributed by atoms with Gasteiger partial charge in [0.15, 0.2) is 11.5 Å². The highest BCUT2D eigenvalue weighted by atomic mass is 19.1. The Labute approximate surface area is 155 Å². The van der Waals surface area contributed by atoms with Gasteiger partial charge in [0, 0.05) is 13.1 Å². The van der Waals surface area contributed by atoms with Crippen LogP contribution in [-0.2, 0) is 0 Å². The van der Waals surface area contributed by atoms with Crippen LogP contribution in [0.4, 0.5) is 8.78 Å². The largest absolute Gasteiger partial charge is 0.504 e. The SMILES string of the molecule is O=C(CN1C[C@H]2C[C@H](Oc3ccc(F)cc3)C[C@H]2C1)c1ccc(O)c(F)n1. The molecule has 0 unspecified atom stereocenters. The lowest BCUT2D eigenvalue weighted by molar-refractivity contribution is 0.0930. The summed E-state index contributed by atoms with van der Waals surface area (Å²) in [5.74, 6) is -0.550. The average molecular weight is 374 g/mol. The van der Waals surface area contributed by atoms with Gasteiger partial charge in [-0.2, -0.15) is 4.39 Å². The standard InChI is InChI=1S/C20H20F2N2O3/c21-14-1-3-15(4-2-14)27-16-7-12-9-24(10-13(12)8-16)11-19(26)17-5-6-18(25)20(22)23-17/h1-6,12-13,16,25H,7-11H2/t12-,13+,16+. The molecule has 142 valence electrons. The number of aromatic hydroxyl groups is 1. The van der Waals surface area contributed by atoms with Gasteiger partial charge in [0.25, 0.3) is 5.95 Å². The third-order valence-electron chi connectivity index (χ3n) is 5.38. The molecule has 3 atom stereocenters. The summed E-state index contributed by atoms with van der Waals surface area (Å²) in [6.07, 6.45) is 1.91. The summed E-state index contributed by atoms with van der Waals surface area (Å²) in [7, 11) is 0. The van der Waals surface area contributed by atoms with Crippen molar-refractivity contribution in [1.29, 1.82) is 0 Å². The summed E-state index contributed by atoms with van der Waals surface area (Å²) < 4.78 is 32.2. The van der Waals surface area contributed by atoms with E-state index in [-0.39, 0.29) is 29.9 Å². The second-order valence-corrected chi connectivity index (χ2v) is 7.31. The fraction of sp³-hybridized carbons (Fsp3) is 0.400. The molecular formula is C20H20F2N2O3. The fourth-order valence-corrected chi connectivity index (χ4v) is 4.14. The van der Waals surface area contributed by atoms with Crippen LogP contribution in [0.15, 0.2) is 36.4 Å². The Morgan fingerprint density at radius 1 is 1.11 bits per heavy atom. The lowest BCUT2D eigenvalue weighted by Crippen LogP contribution is -2.30. The first kappa shape index (κ1) is 17.9. The molecule has 27 heavy (non-hydrogen) atoms. The number of Topliss-reactive ketones (excluding diaryl/α,β-unsaturated/α-hetero) is 1. The van der Waals surface area contributed by atoms with Crippen LogP contribution in [0.3, 0.4) is 0 Å². The van der Waals surface area contributed by atoms with Crippen molar-refractivity contribution in [3.63, 3.8) is 0 Å². The predicted molar refractivity (Wildman–Crippen MR) is 93.7 cm³/mol. The molecule has 1 aromatic carbocycles. The Morgan fingerprint density at radius 2 is 1.78 bits per heavy atom. The zero-order valence-corrected chi connectivity index (χ0v) is 14.6. The molecule has 1 aliphatic carbocycles. The Bertz CT molecular complexity index is 830. The molecule has 0 amide bonds. The molecule has 1 aromatic heterocycles. The van der Waals surface area contributed by atoms with Crippen molar-refractivity contribution in [1.82, 2.24) is 9.88 Å². The number of hydrogen-bond acceptors (Lipinski definition) is 5. The van der Waals surface area contributed by atoms with Crippen molar-refractivity contribution in [3.05, 3.63) is 53.9 Å². The highest BCUT2D eigenvalue weighted by molar-refractivity contribution is 5.95. The van der Waals surface area contributed by atoms with E-state index in [1.807, 2.05) is 0 Å². The number of likely N-dealkylation sites (tertiary alicyclic amines) is 1. The summed E-state index contributed by atoms with van der Waals surface area (Å²) in [4.78, 5) is 17.9. The number of carbonyl (C=O) groups excluding carboxylic acids is 1. The molecule has 0 radical (unpaired) electrons. The van der Waals surface area contributed by atoms with Crippen molar-refractivity contribution in [2.24, 2.45) is 11.8 Å². The van der Waals surface area contributed by atoms with E-state index in [2.05, 4.69) is 9.88 Å².